The van der Waals surface area contributed by atoms with E-state index in [1.807, 2.05) is 54.0 Å². The molecule has 3 aromatic heterocycles. The lowest BCUT2D eigenvalue weighted by atomic mass is 10.1. The second-order valence-corrected chi connectivity index (χ2v) is 18.5. The van der Waals surface area contributed by atoms with Gasteiger partial charge in [0.2, 0.25) is 0 Å². The van der Waals surface area contributed by atoms with Crippen LogP contribution in [0.5, 0.6) is 0 Å². The van der Waals surface area contributed by atoms with Gasteiger partial charge in [-0.15, -0.1) is 0 Å². The third kappa shape index (κ3) is 6.54. The van der Waals surface area contributed by atoms with Crippen LogP contribution in [0.2, 0.25) is 0 Å². The third-order valence-electron chi connectivity index (χ3n) is 12.4. The molecule has 0 radical (unpaired) electrons. The SMILES string of the molecule is c1ccc(N(c2cc3c(c(N(c4ccccc4)c4ccc5oc6ccccc6c5c4)c2)Sc2ccccc2S3)c2ccc3c4ccccc4n(-c4ccc(-c5ccccn5)cc4)c3c2)cc1. The summed E-state index contributed by atoms with van der Waals surface area (Å²) in [5.41, 5.74) is 13.6. The minimum absolute atomic E-state index is 0.870. The molecule has 9 aromatic carbocycles. The molecule has 0 aliphatic carbocycles. The molecule has 5 nitrogen and oxygen atoms in total. The van der Waals surface area contributed by atoms with E-state index in [2.05, 4.69) is 220 Å². The number of fused-ring (bicyclic) bond motifs is 8. The van der Waals surface area contributed by atoms with Crippen molar-refractivity contribution in [3.8, 4) is 16.9 Å². The minimum atomic E-state index is 0.870. The van der Waals surface area contributed by atoms with Crippen molar-refractivity contribution in [3.63, 3.8) is 0 Å². The zero-order valence-corrected chi connectivity index (χ0v) is 37.1. The normalized spacial score (nSPS) is 12.1. The van der Waals surface area contributed by atoms with Crippen molar-refractivity contribution in [1.82, 2.24) is 9.55 Å². The predicted molar refractivity (Wildman–Crippen MR) is 275 cm³/mol. The van der Waals surface area contributed by atoms with Gasteiger partial charge in [0.15, 0.2) is 0 Å². The molecule has 0 saturated carbocycles. The molecular weight excluding hydrogens is 845 g/mol. The smallest absolute Gasteiger partial charge is 0.135 e. The summed E-state index contributed by atoms with van der Waals surface area (Å²) in [5.74, 6) is 0. The molecule has 13 rings (SSSR count). The first-order chi connectivity index (χ1) is 32.7. The van der Waals surface area contributed by atoms with Gasteiger partial charge in [-0.3, -0.25) is 4.98 Å². The fraction of sp³-hybridized carbons (Fsp3) is 0. The van der Waals surface area contributed by atoms with Gasteiger partial charge in [-0.25, -0.2) is 0 Å². The molecule has 1 aliphatic rings. The maximum atomic E-state index is 6.35. The summed E-state index contributed by atoms with van der Waals surface area (Å²) in [4.78, 5) is 14.4. The van der Waals surface area contributed by atoms with E-state index in [-0.39, 0.29) is 0 Å². The van der Waals surface area contributed by atoms with Gasteiger partial charge < -0.3 is 18.8 Å². The van der Waals surface area contributed by atoms with Crippen LogP contribution in [0, 0.1) is 0 Å². The lowest BCUT2D eigenvalue weighted by molar-refractivity contribution is 0.669. The number of hydrogen-bond acceptors (Lipinski definition) is 6. The standard InChI is InChI=1S/C59H38N4OS2/c1-3-15-40(16-4-1)61(44-30-32-47-46-19-7-9-22-51(46)63(52(47)36-44)42-28-26-39(27-29-42)50-21-13-14-34-60-50)45-37-53(59-58(38-45)65-56-24-11-12-25-57(56)66-59)62(41-17-5-2-6-18-41)43-31-33-55-49(35-43)48-20-8-10-23-54(48)64-55/h1-38H. The van der Waals surface area contributed by atoms with Gasteiger partial charge in [0.1, 0.15) is 11.2 Å². The van der Waals surface area contributed by atoms with Crippen molar-refractivity contribution < 1.29 is 4.42 Å². The van der Waals surface area contributed by atoms with Gasteiger partial charge in [0.05, 0.1) is 27.3 Å². The quantitative estimate of drug-likeness (QED) is 0.151. The zero-order valence-electron chi connectivity index (χ0n) is 35.5. The Morgan fingerprint density at radius 1 is 0.394 bits per heavy atom. The molecule has 0 saturated heterocycles. The Morgan fingerprint density at radius 3 is 1.82 bits per heavy atom. The van der Waals surface area contributed by atoms with E-state index >= 15 is 0 Å². The van der Waals surface area contributed by atoms with Crippen molar-refractivity contribution in [2.24, 2.45) is 0 Å². The lowest BCUT2D eigenvalue weighted by Gasteiger charge is -2.33. The highest BCUT2D eigenvalue weighted by atomic mass is 32.2. The Labute approximate surface area is 390 Å². The summed E-state index contributed by atoms with van der Waals surface area (Å²) in [7, 11) is 0. The fourth-order valence-corrected chi connectivity index (χ4v) is 11.8. The van der Waals surface area contributed by atoms with E-state index in [0.29, 0.717) is 0 Å². The van der Waals surface area contributed by atoms with E-state index in [1.165, 1.54) is 30.4 Å². The topological polar surface area (TPSA) is 37.4 Å². The van der Waals surface area contributed by atoms with E-state index in [9.17, 15) is 0 Å². The third-order valence-corrected chi connectivity index (χ3v) is 15.0. The molecule has 0 fully saturated rings. The molecular formula is C59H38N4OS2. The van der Waals surface area contributed by atoms with Crippen molar-refractivity contribution in [1.29, 1.82) is 0 Å². The number of nitrogens with zero attached hydrogens (tertiary/aromatic N) is 4. The van der Waals surface area contributed by atoms with Crippen LogP contribution in [0.4, 0.5) is 34.1 Å². The first-order valence-electron chi connectivity index (χ1n) is 22.0. The van der Waals surface area contributed by atoms with Crippen molar-refractivity contribution in [2.45, 2.75) is 19.6 Å². The fourth-order valence-electron chi connectivity index (χ4n) is 9.47. The van der Waals surface area contributed by atoms with Crippen molar-refractivity contribution in [2.75, 3.05) is 9.80 Å². The Morgan fingerprint density at radius 2 is 1.03 bits per heavy atom. The molecule has 0 unspecified atom stereocenters. The lowest BCUT2D eigenvalue weighted by Crippen LogP contribution is -2.15. The number of benzene rings is 9. The Bertz CT molecular complexity index is 3770. The van der Waals surface area contributed by atoms with Crippen LogP contribution in [0.3, 0.4) is 0 Å². The molecule has 0 bridgehead atoms. The Kier molecular flexibility index (Phi) is 9.29. The minimum Gasteiger partial charge on any atom is -0.456 e. The maximum Gasteiger partial charge on any atom is 0.135 e. The second kappa shape index (κ2) is 15.9. The van der Waals surface area contributed by atoms with E-state index in [4.69, 9.17) is 4.42 Å². The second-order valence-electron chi connectivity index (χ2n) is 16.4. The van der Waals surface area contributed by atoms with Crippen LogP contribution in [0.1, 0.15) is 0 Å². The highest BCUT2D eigenvalue weighted by Crippen LogP contribution is 2.56. The summed E-state index contributed by atoms with van der Waals surface area (Å²) >= 11 is 3.68. The van der Waals surface area contributed by atoms with Crippen LogP contribution in [-0.2, 0) is 0 Å². The Balaban J connectivity index is 1.04. The van der Waals surface area contributed by atoms with Gasteiger partial charge in [0, 0.05) is 82.1 Å². The highest BCUT2D eigenvalue weighted by Gasteiger charge is 2.28. The van der Waals surface area contributed by atoms with Gasteiger partial charge in [0.25, 0.3) is 0 Å². The van der Waals surface area contributed by atoms with Crippen LogP contribution in [0.25, 0.3) is 60.7 Å². The Hall–Kier alpha value is -7.97. The highest BCUT2D eigenvalue weighted by molar-refractivity contribution is 8.05. The summed E-state index contributed by atoms with van der Waals surface area (Å²) in [5, 5.41) is 4.60. The maximum absolute atomic E-state index is 6.35. The number of furan rings is 1. The average molecular weight is 883 g/mol. The predicted octanol–water partition coefficient (Wildman–Crippen LogP) is 17.3. The zero-order chi connectivity index (χ0) is 43.6. The molecule has 0 spiro atoms. The molecule has 0 amide bonds. The van der Waals surface area contributed by atoms with E-state index in [1.54, 1.807) is 0 Å². The molecule has 12 aromatic rings. The number of anilines is 6. The van der Waals surface area contributed by atoms with Crippen LogP contribution in [-0.4, -0.2) is 9.55 Å². The average Bonchev–Trinajstić information content (AvgIpc) is 3.92. The summed E-state index contributed by atoms with van der Waals surface area (Å²) in [6.45, 7) is 0. The summed E-state index contributed by atoms with van der Waals surface area (Å²) < 4.78 is 8.75. The monoisotopic (exact) mass is 882 g/mol. The van der Waals surface area contributed by atoms with Crippen LogP contribution >= 0.6 is 23.5 Å². The number of rotatable bonds is 8. The van der Waals surface area contributed by atoms with E-state index < -0.39 is 0 Å². The molecule has 1 aliphatic heterocycles. The van der Waals surface area contributed by atoms with E-state index in [0.717, 1.165) is 84.0 Å². The number of pyridine rings is 1. The van der Waals surface area contributed by atoms with Crippen molar-refractivity contribution >= 4 is 101 Å². The van der Waals surface area contributed by atoms with Gasteiger partial charge >= 0.3 is 0 Å². The molecule has 7 heteroatoms. The molecule has 66 heavy (non-hydrogen) atoms. The van der Waals surface area contributed by atoms with Gasteiger partial charge in [-0.2, -0.15) is 0 Å². The first-order valence-corrected chi connectivity index (χ1v) is 23.6. The molecule has 312 valence electrons. The first kappa shape index (κ1) is 38.5. The number of para-hydroxylation sites is 4. The molecule has 4 heterocycles. The van der Waals surface area contributed by atoms with Crippen molar-refractivity contribution in [3.05, 3.63) is 231 Å². The van der Waals surface area contributed by atoms with Gasteiger partial charge in [-0.05, 0) is 115 Å². The number of hydrogen-bond donors (Lipinski definition) is 0. The molecule has 0 N–H and O–H groups in total. The van der Waals surface area contributed by atoms with Crippen LogP contribution in [0.15, 0.2) is 255 Å². The van der Waals surface area contributed by atoms with Crippen LogP contribution < -0.4 is 9.80 Å². The summed E-state index contributed by atoms with van der Waals surface area (Å²) in [6, 6.07) is 80.4. The number of aromatic nitrogens is 2. The largest absolute Gasteiger partial charge is 0.456 e. The molecule has 0 atom stereocenters. The van der Waals surface area contributed by atoms with Gasteiger partial charge in [-0.1, -0.05) is 133 Å². The summed E-state index contributed by atoms with van der Waals surface area (Å²) in [6.07, 6.45) is 1.85.